The van der Waals surface area contributed by atoms with E-state index in [1.54, 1.807) is 0 Å². The molecule has 0 radical (unpaired) electrons. The molecule has 6 heteroatoms. The van der Waals surface area contributed by atoms with Crippen LogP contribution < -0.4 is 0 Å². The Labute approximate surface area is 187 Å². The molecule has 0 nitrogen and oxygen atoms in total. The number of halogens is 6. The largest absolute Gasteiger partial charge is 0.417 e. The van der Waals surface area contributed by atoms with Gasteiger partial charge in [-0.25, -0.2) is 0 Å². The van der Waals surface area contributed by atoms with Crippen molar-refractivity contribution in [2.75, 3.05) is 0 Å². The molecule has 0 spiro atoms. The average molecular weight is 459 g/mol. The first-order valence-electron chi connectivity index (χ1n) is 11.1. The van der Waals surface area contributed by atoms with Crippen molar-refractivity contribution >= 4 is 0 Å². The number of hydrogen-bond donors (Lipinski definition) is 0. The summed E-state index contributed by atoms with van der Waals surface area (Å²) in [6.07, 6.45) is -7.08. The minimum absolute atomic E-state index is 0.440. The summed E-state index contributed by atoms with van der Waals surface area (Å²) in [5.41, 5.74) is -2.96. The van der Waals surface area contributed by atoms with Gasteiger partial charge in [0.15, 0.2) is 0 Å². The second kappa shape index (κ2) is 9.11. The van der Waals surface area contributed by atoms with Crippen LogP contribution >= 0.6 is 0 Å². The van der Waals surface area contributed by atoms with E-state index in [0.29, 0.717) is 36.8 Å². The lowest BCUT2D eigenvalue weighted by Crippen LogP contribution is -2.22. The highest BCUT2D eigenvalue weighted by Crippen LogP contribution is 2.46. The highest BCUT2D eigenvalue weighted by molar-refractivity contribution is 5.73. The van der Waals surface area contributed by atoms with E-state index < -0.39 is 45.4 Å². The maximum Gasteiger partial charge on any atom is 0.417 e. The van der Waals surface area contributed by atoms with Crippen LogP contribution in [-0.2, 0) is 23.2 Å². The van der Waals surface area contributed by atoms with Gasteiger partial charge in [0.2, 0.25) is 0 Å². The molecule has 0 amide bonds. The first kappa shape index (κ1) is 26.3. The molecule has 32 heavy (non-hydrogen) atoms. The maximum atomic E-state index is 14.0. The highest BCUT2D eigenvalue weighted by atomic mass is 19.4. The SMILES string of the molecule is CCC(C)(CC)c1ccc(-c2ccc(C(C)(CC)CC)cc2C(F)(F)F)c(C(F)(F)F)c1. The lowest BCUT2D eigenvalue weighted by atomic mass is 9.75. The molecular formula is C26H32F6. The van der Waals surface area contributed by atoms with Gasteiger partial charge in [-0.05, 0) is 70.9 Å². The minimum Gasteiger partial charge on any atom is -0.166 e. The average Bonchev–Trinajstić information content (AvgIpc) is 2.76. The Morgan fingerprint density at radius 2 is 0.812 bits per heavy atom. The fraction of sp³-hybridized carbons (Fsp3) is 0.538. The first-order chi connectivity index (χ1) is 14.7. The normalized spacial score (nSPS) is 13.5. The second-order valence-corrected chi connectivity index (χ2v) is 9.05. The molecule has 0 unspecified atom stereocenters. The molecule has 0 aromatic heterocycles. The summed E-state index contributed by atoms with van der Waals surface area (Å²) in [4.78, 5) is 0. The molecule has 2 aromatic rings. The molecule has 0 heterocycles. The molecule has 0 aliphatic rings. The summed E-state index contributed by atoms with van der Waals surface area (Å²) in [5, 5.41) is 0. The van der Waals surface area contributed by atoms with E-state index in [1.807, 2.05) is 41.5 Å². The summed E-state index contributed by atoms with van der Waals surface area (Å²) < 4.78 is 84.2. The van der Waals surface area contributed by atoms with Crippen molar-refractivity contribution in [3.05, 3.63) is 58.7 Å². The molecule has 0 fully saturated rings. The Morgan fingerprint density at radius 1 is 0.531 bits per heavy atom. The number of benzene rings is 2. The molecular weight excluding hydrogens is 426 g/mol. The Morgan fingerprint density at radius 3 is 1.03 bits per heavy atom. The smallest absolute Gasteiger partial charge is 0.166 e. The molecule has 0 bridgehead atoms. The van der Waals surface area contributed by atoms with Gasteiger partial charge < -0.3 is 0 Å². The van der Waals surface area contributed by atoms with E-state index in [-0.39, 0.29) is 0 Å². The molecule has 0 N–H and O–H groups in total. The molecule has 2 rings (SSSR count). The van der Waals surface area contributed by atoms with Crippen LogP contribution in [0.2, 0.25) is 0 Å². The Balaban J connectivity index is 2.84. The van der Waals surface area contributed by atoms with E-state index in [0.717, 1.165) is 12.1 Å². The van der Waals surface area contributed by atoms with Gasteiger partial charge in [-0.3, -0.25) is 0 Å². The van der Waals surface area contributed by atoms with E-state index >= 15 is 0 Å². The predicted octanol–water partition coefficient (Wildman–Crippen LogP) is 9.55. The Kier molecular flexibility index (Phi) is 7.48. The van der Waals surface area contributed by atoms with Gasteiger partial charge in [-0.15, -0.1) is 0 Å². The molecule has 0 saturated heterocycles. The van der Waals surface area contributed by atoms with E-state index in [4.69, 9.17) is 0 Å². The van der Waals surface area contributed by atoms with Gasteiger partial charge in [0.1, 0.15) is 0 Å². The third-order valence-corrected chi connectivity index (χ3v) is 7.46. The number of hydrogen-bond acceptors (Lipinski definition) is 0. The molecule has 0 atom stereocenters. The summed E-state index contributed by atoms with van der Waals surface area (Å²) >= 11 is 0. The zero-order valence-corrected chi connectivity index (χ0v) is 19.6. The molecule has 0 aliphatic heterocycles. The fourth-order valence-electron chi connectivity index (χ4n) is 4.09. The summed E-state index contributed by atoms with van der Waals surface area (Å²) in [5.74, 6) is 0. The molecule has 2 aromatic carbocycles. The number of rotatable bonds is 7. The predicted molar refractivity (Wildman–Crippen MR) is 118 cm³/mol. The molecule has 178 valence electrons. The van der Waals surface area contributed by atoms with Crippen molar-refractivity contribution in [2.45, 2.75) is 90.4 Å². The topological polar surface area (TPSA) is 0 Å². The van der Waals surface area contributed by atoms with Gasteiger partial charge in [0, 0.05) is 0 Å². The first-order valence-corrected chi connectivity index (χ1v) is 11.1. The van der Waals surface area contributed by atoms with Gasteiger partial charge in [0.25, 0.3) is 0 Å². The lowest BCUT2D eigenvalue weighted by molar-refractivity contribution is -0.139. The molecule has 0 saturated carbocycles. The van der Waals surface area contributed by atoms with Gasteiger partial charge in [-0.1, -0.05) is 65.8 Å². The third-order valence-electron chi connectivity index (χ3n) is 7.46. The van der Waals surface area contributed by atoms with E-state index in [2.05, 4.69) is 0 Å². The zero-order chi connectivity index (χ0) is 24.5. The monoisotopic (exact) mass is 458 g/mol. The van der Waals surface area contributed by atoms with Gasteiger partial charge >= 0.3 is 12.4 Å². The van der Waals surface area contributed by atoms with Crippen LogP contribution in [0.4, 0.5) is 26.3 Å². The van der Waals surface area contributed by atoms with Gasteiger partial charge in [-0.2, -0.15) is 26.3 Å². The van der Waals surface area contributed by atoms with Gasteiger partial charge in [0.05, 0.1) is 11.1 Å². The quantitative estimate of drug-likeness (QED) is 0.362. The van der Waals surface area contributed by atoms with Crippen LogP contribution in [0.3, 0.4) is 0 Å². The number of alkyl halides is 6. The molecule has 0 aliphatic carbocycles. The summed E-state index contributed by atoms with van der Waals surface area (Å²) in [6.45, 7) is 11.3. The minimum atomic E-state index is -4.78. The van der Waals surface area contributed by atoms with Crippen molar-refractivity contribution in [1.29, 1.82) is 0 Å². The van der Waals surface area contributed by atoms with Crippen molar-refractivity contribution in [2.24, 2.45) is 0 Å². The highest BCUT2D eigenvalue weighted by Gasteiger charge is 2.40. The van der Waals surface area contributed by atoms with Crippen LogP contribution in [-0.4, -0.2) is 0 Å². The van der Waals surface area contributed by atoms with Crippen molar-refractivity contribution in [1.82, 2.24) is 0 Å². The van der Waals surface area contributed by atoms with Crippen molar-refractivity contribution in [3.63, 3.8) is 0 Å². The van der Waals surface area contributed by atoms with Crippen LogP contribution in [0.5, 0.6) is 0 Å². The van der Waals surface area contributed by atoms with Crippen LogP contribution in [0.1, 0.15) is 89.5 Å². The van der Waals surface area contributed by atoms with Crippen LogP contribution in [0.15, 0.2) is 36.4 Å². The van der Waals surface area contributed by atoms with Crippen molar-refractivity contribution in [3.8, 4) is 11.1 Å². The third kappa shape index (κ3) is 4.99. The zero-order valence-electron chi connectivity index (χ0n) is 19.6. The van der Waals surface area contributed by atoms with E-state index in [9.17, 15) is 26.3 Å². The van der Waals surface area contributed by atoms with Crippen molar-refractivity contribution < 1.29 is 26.3 Å². The Bertz CT molecular complexity index is 851. The standard InChI is InChI=1S/C26H32F6/c1-7-23(5,8-2)17-11-13-19(21(15-17)25(27,28)29)20-14-12-18(24(6,9-3)10-4)16-22(20)26(30,31)32/h11-16H,7-10H2,1-6H3. The van der Waals surface area contributed by atoms with Crippen LogP contribution in [0.25, 0.3) is 11.1 Å². The Hall–Kier alpha value is -1.98. The fourth-order valence-corrected chi connectivity index (χ4v) is 4.09. The summed E-state index contributed by atoms with van der Waals surface area (Å²) in [7, 11) is 0. The second-order valence-electron chi connectivity index (χ2n) is 9.05. The van der Waals surface area contributed by atoms with E-state index in [1.165, 1.54) is 24.3 Å². The summed E-state index contributed by atoms with van der Waals surface area (Å²) in [6, 6.07) is 7.52. The van der Waals surface area contributed by atoms with Crippen LogP contribution in [0, 0.1) is 0 Å². The maximum absolute atomic E-state index is 14.0. The lowest BCUT2D eigenvalue weighted by Gasteiger charge is -2.30.